The lowest BCUT2D eigenvalue weighted by molar-refractivity contribution is -0.120. The van der Waals surface area contributed by atoms with Gasteiger partial charge >= 0.3 is 6.09 Å². The van der Waals surface area contributed by atoms with Gasteiger partial charge in [0.1, 0.15) is 5.60 Å². The minimum Gasteiger partial charge on any atom is -0.444 e. The van der Waals surface area contributed by atoms with E-state index in [1.165, 1.54) is 0 Å². The van der Waals surface area contributed by atoms with E-state index in [0.717, 1.165) is 0 Å². The van der Waals surface area contributed by atoms with Crippen LogP contribution in [0.25, 0.3) is 0 Å². The summed E-state index contributed by atoms with van der Waals surface area (Å²) in [4.78, 5) is 21.9. The predicted molar refractivity (Wildman–Crippen MR) is 64.6 cm³/mol. The molecular formula is C11H22F2N2O3. The van der Waals surface area contributed by atoms with Crippen molar-refractivity contribution in [3.63, 3.8) is 0 Å². The SMILES string of the molecule is CC.CC(C)(C)OC(=O)NCC(=O)NCC(F)F. The average molecular weight is 268 g/mol. The maximum atomic E-state index is 11.7. The van der Waals surface area contributed by atoms with Gasteiger partial charge in [-0.3, -0.25) is 4.79 Å². The van der Waals surface area contributed by atoms with Gasteiger partial charge in [0, 0.05) is 0 Å². The molecule has 0 aromatic rings. The highest BCUT2D eigenvalue weighted by Crippen LogP contribution is 2.05. The highest BCUT2D eigenvalue weighted by atomic mass is 19.3. The van der Waals surface area contributed by atoms with Crippen LogP contribution in [0.2, 0.25) is 0 Å². The maximum Gasteiger partial charge on any atom is 0.408 e. The number of nitrogens with one attached hydrogen (secondary N) is 2. The molecular weight excluding hydrogens is 246 g/mol. The predicted octanol–water partition coefficient (Wildman–Crippen LogP) is 1.92. The molecule has 7 heteroatoms. The van der Waals surface area contributed by atoms with E-state index in [0.29, 0.717) is 0 Å². The van der Waals surface area contributed by atoms with Crippen LogP contribution in [-0.4, -0.2) is 37.1 Å². The largest absolute Gasteiger partial charge is 0.444 e. The average Bonchev–Trinajstić information content (AvgIpc) is 2.24. The smallest absolute Gasteiger partial charge is 0.408 e. The van der Waals surface area contributed by atoms with Crippen LogP contribution in [0.15, 0.2) is 0 Å². The minimum absolute atomic E-state index is 0.387. The Bertz CT molecular complexity index is 253. The fourth-order valence-corrected chi connectivity index (χ4v) is 0.720. The number of carbonyl (C=O) groups excluding carboxylic acids is 2. The van der Waals surface area contributed by atoms with Crippen LogP contribution in [0.5, 0.6) is 0 Å². The van der Waals surface area contributed by atoms with E-state index in [1.807, 2.05) is 19.2 Å². The Hall–Kier alpha value is -1.40. The molecule has 0 aliphatic heterocycles. The summed E-state index contributed by atoms with van der Waals surface area (Å²) in [5.41, 5.74) is -0.663. The highest BCUT2D eigenvalue weighted by Gasteiger charge is 2.16. The molecule has 0 saturated carbocycles. The molecule has 0 radical (unpaired) electrons. The molecule has 5 nitrogen and oxygen atoms in total. The standard InChI is InChI=1S/C9H16F2N2O3.C2H6/c1-9(2,3)16-8(15)13-5-7(14)12-4-6(10)11;1-2/h6H,4-5H2,1-3H3,(H,12,14)(H,13,15);1-2H3. The number of carbonyl (C=O) groups is 2. The van der Waals surface area contributed by atoms with Gasteiger partial charge < -0.3 is 15.4 Å². The summed E-state index contributed by atoms with van der Waals surface area (Å²) >= 11 is 0. The first-order valence-corrected chi connectivity index (χ1v) is 5.72. The molecule has 0 aromatic heterocycles. The van der Waals surface area contributed by atoms with E-state index >= 15 is 0 Å². The zero-order chi connectivity index (χ0) is 14.8. The van der Waals surface area contributed by atoms with Gasteiger partial charge in [-0.15, -0.1) is 0 Å². The molecule has 0 rings (SSSR count). The third kappa shape index (κ3) is 14.6. The van der Waals surface area contributed by atoms with E-state index in [4.69, 9.17) is 4.74 Å². The molecule has 2 amide bonds. The minimum atomic E-state index is -2.61. The second kappa shape index (κ2) is 9.61. The second-order valence-electron chi connectivity index (χ2n) is 4.05. The van der Waals surface area contributed by atoms with E-state index in [-0.39, 0.29) is 6.54 Å². The Morgan fingerprint density at radius 2 is 1.67 bits per heavy atom. The van der Waals surface area contributed by atoms with Gasteiger partial charge in [0.05, 0.1) is 13.1 Å². The van der Waals surface area contributed by atoms with Crippen LogP contribution in [-0.2, 0) is 9.53 Å². The van der Waals surface area contributed by atoms with Gasteiger partial charge in [0.2, 0.25) is 5.91 Å². The molecule has 0 unspecified atom stereocenters. The number of ether oxygens (including phenoxy) is 1. The number of halogens is 2. The molecule has 0 heterocycles. The van der Waals surface area contributed by atoms with Crippen molar-refractivity contribution < 1.29 is 23.1 Å². The summed E-state index contributed by atoms with van der Waals surface area (Å²) in [7, 11) is 0. The molecule has 0 atom stereocenters. The number of rotatable bonds is 4. The van der Waals surface area contributed by atoms with Gasteiger partial charge in [-0.25, -0.2) is 13.6 Å². The maximum absolute atomic E-state index is 11.7. The third-order valence-electron chi connectivity index (χ3n) is 1.25. The highest BCUT2D eigenvalue weighted by molar-refractivity contribution is 5.82. The van der Waals surface area contributed by atoms with Crippen LogP contribution in [0.4, 0.5) is 13.6 Å². The molecule has 0 aliphatic rings. The molecule has 0 aliphatic carbocycles. The van der Waals surface area contributed by atoms with Crippen molar-refractivity contribution in [1.82, 2.24) is 10.6 Å². The fraction of sp³-hybridized carbons (Fsp3) is 0.818. The normalized spacial score (nSPS) is 10.2. The van der Waals surface area contributed by atoms with E-state index in [1.54, 1.807) is 20.8 Å². The first kappa shape index (κ1) is 19.0. The zero-order valence-electron chi connectivity index (χ0n) is 11.5. The van der Waals surface area contributed by atoms with Gasteiger partial charge in [0.15, 0.2) is 0 Å². The molecule has 0 saturated heterocycles. The van der Waals surface area contributed by atoms with Crippen LogP contribution in [0, 0.1) is 0 Å². The van der Waals surface area contributed by atoms with E-state index < -0.39 is 30.6 Å². The Balaban J connectivity index is 0. The summed E-state index contributed by atoms with van der Waals surface area (Å²) in [5.74, 6) is -0.689. The molecule has 2 N–H and O–H groups in total. The lowest BCUT2D eigenvalue weighted by Crippen LogP contribution is -2.40. The van der Waals surface area contributed by atoms with Gasteiger partial charge in [0.25, 0.3) is 6.43 Å². The Morgan fingerprint density at radius 1 is 1.17 bits per heavy atom. The van der Waals surface area contributed by atoms with Crippen molar-refractivity contribution in [2.45, 2.75) is 46.6 Å². The van der Waals surface area contributed by atoms with Crippen molar-refractivity contribution in [3.8, 4) is 0 Å². The number of alkyl halides is 2. The van der Waals surface area contributed by atoms with Crippen molar-refractivity contribution in [2.24, 2.45) is 0 Å². The number of hydrogen-bond acceptors (Lipinski definition) is 3. The van der Waals surface area contributed by atoms with Crippen LogP contribution in [0.1, 0.15) is 34.6 Å². The molecule has 0 fully saturated rings. The van der Waals surface area contributed by atoms with Crippen molar-refractivity contribution in [1.29, 1.82) is 0 Å². The Morgan fingerprint density at radius 3 is 2.06 bits per heavy atom. The van der Waals surface area contributed by atoms with Crippen LogP contribution in [0.3, 0.4) is 0 Å². The van der Waals surface area contributed by atoms with Crippen LogP contribution < -0.4 is 10.6 Å². The Kier molecular flexibility index (Phi) is 10.1. The van der Waals surface area contributed by atoms with Crippen LogP contribution >= 0.6 is 0 Å². The van der Waals surface area contributed by atoms with E-state index in [2.05, 4.69) is 5.32 Å². The quantitative estimate of drug-likeness (QED) is 0.818. The zero-order valence-corrected chi connectivity index (χ0v) is 11.5. The third-order valence-corrected chi connectivity index (χ3v) is 1.25. The molecule has 18 heavy (non-hydrogen) atoms. The number of amides is 2. The first-order valence-electron chi connectivity index (χ1n) is 5.72. The van der Waals surface area contributed by atoms with Gasteiger partial charge in [-0.2, -0.15) is 0 Å². The number of hydrogen-bond donors (Lipinski definition) is 2. The lowest BCUT2D eigenvalue weighted by Gasteiger charge is -2.19. The second-order valence-corrected chi connectivity index (χ2v) is 4.05. The summed E-state index contributed by atoms with van der Waals surface area (Å²) < 4.78 is 28.2. The lowest BCUT2D eigenvalue weighted by atomic mass is 10.2. The summed E-state index contributed by atoms with van der Waals surface area (Å²) in [6.07, 6.45) is -3.37. The summed E-state index contributed by atoms with van der Waals surface area (Å²) in [6.45, 7) is 7.90. The van der Waals surface area contributed by atoms with Gasteiger partial charge in [-0.05, 0) is 20.8 Å². The summed E-state index contributed by atoms with van der Waals surface area (Å²) in [5, 5.41) is 4.09. The van der Waals surface area contributed by atoms with Crippen molar-refractivity contribution in [3.05, 3.63) is 0 Å². The Labute approximate surface area is 106 Å². The summed E-state index contributed by atoms with van der Waals surface area (Å²) in [6, 6.07) is 0. The van der Waals surface area contributed by atoms with Crippen molar-refractivity contribution in [2.75, 3.05) is 13.1 Å². The molecule has 108 valence electrons. The topological polar surface area (TPSA) is 67.4 Å². The van der Waals surface area contributed by atoms with Gasteiger partial charge in [-0.1, -0.05) is 13.8 Å². The van der Waals surface area contributed by atoms with Crippen molar-refractivity contribution >= 4 is 12.0 Å². The molecule has 0 aromatic carbocycles. The monoisotopic (exact) mass is 268 g/mol. The molecule has 0 spiro atoms. The first-order chi connectivity index (χ1) is 8.20. The number of alkyl carbamates (subject to hydrolysis) is 1. The van der Waals surface area contributed by atoms with E-state index in [9.17, 15) is 18.4 Å². The molecule has 0 bridgehead atoms. The fourth-order valence-electron chi connectivity index (χ4n) is 0.720.